The fraction of sp³-hybridized carbons (Fsp3) is 0.176. The van der Waals surface area contributed by atoms with Crippen molar-refractivity contribution in [1.29, 1.82) is 0 Å². The molecule has 1 N–H and O–H groups in total. The number of nitrogens with one attached hydrogen (secondary N) is 1. The second kappa shape index (κ2) is 6.56. The Kier molecular flexibility index (Phi) is 4.50. The van der Waals surface area contributed by atoms with E-state index in [4.69, 9.17) is 11.6 Å². The topological polar surface area (TPSA) is 51.1 Å². The molecule has 4 nitrogen and oxygen atoms in total. The maximum Gasteiger partial charge on any atom is 0.308 e. The van der Waals surface area contributed by atoms with Crippen molar-refractivity contribution in [3.05, 3.63) is 62.7 Å². The van der Waals surface area contributed by atoms with Gasteiger partial charge in [-0.05, 0) is 42.8 Å². The van der Waals surface area contributed by atoms with Crippen LogP contribution >= 0.6 is 22.9 Å². The molecule has 0 aliphatic carbocycles. The molecule has 23 heavy (non-hydrogen) atoms. The third-order valence-electron chi connectivity index (χ3n) is 3.60. The molecule has 0 bridgehead atoms. The summed E-state index contributed by atoms with van der Waals surface area (Å²) < 4.78 is 2.58. The SMILES string of the molecule is Cc1cc(Cl)ccc1NC(=O)CCn1c(=O)sc2ccccc21. The molecule has 3 rings (SSSR count). The van der Waals surface area contributed by atoms with Gasteiger partial charge in [0.2, 0.25) is 5.91 Å². The Bertz CT molecular complexity index is 930. The van der Waals surface area contributed by atoms with Crippen molar-refractivity contribution >= 4 is 44.7 Å². The fourth-order valence-corrected chi connectivity index (χ4v) is 3.56. The molecule has 0 saturated carbocycles. The van der Waals surface area contributed by atoms with E-state index in [1.165, 1.54) is 11.3 Å². The van der Waals surface area contributed by atoms with Crippen LogP contribution < -0.4 is 10.2 Å². The minimum atomic E-state index is -0.127. The lowest BCUT2D eigenvalue weighted by Gasteiger charge is -2.09. The molecule has 0 saturated heterocycles. The van der Waals surface area contributed by atoms with Crippen LogP contribution in [0.1, 0.15) is 12.0 Å². The third-order valence-corrected chi connectivity index (χ3v) is 4.79. The van der Waals surface area contributed by atoms with E-state index in [1.807, 2.05) is 31.2 Å². The first kappa shape index (κ1) is 15.8. The van der Waals surface area contributed by atoms with Crippen molar-refractivity contribution < 1.29 is 4.79 Å². The summed E-state index contributed by atoms with van der Waals surface area (Å²) in [6, 6.07) is 12.9. The second-order valence-corrected chi connectivity index (χ2v) is 6.67. The zero-order valence-electron chi connectivity index (χ0n) is 12.5. The number of amides is 1. The number of halogens is 1. The predicted octanol–water partition coefficient (Wildman–Crippen LogP) is 4.05. The van der Waals surface area contributed by atoms with E-state index in [9.17, 15) is 9.59 Å². The summed E-state index contributed by atoms with van der Waals surface area (Å²) in [7, 11) is 0. The van der Waals surface area contributed by atoms with Gasteiger partial charge in [0, 0.05) is 23.7 Å². The van der Waals surface area contributed by atoms with Gasteiger partial charge in [0.05, 0.1) is 10.2 Å². The lowest BCUT2D eigenvalue weighted by atomic mass is 10.2. The van der Waals surface area contributed by atoms with Gasteiger partial charge in [-0.25, -0.2) is 0 Å². The van der Waals surface area contributed by atoms with Crippen LogP contribution in [-0.2, 0) is 11.3 Å². The summed E-state index contributed by atoms with van der Waals surface area (Å²) in [6.45, 7) is 2.25. The minimum Gasteiger partial charge on any atom is -0.326 e. The summed E-state index contributed by atoms with van der Waals surface area (Å²) in [5.41, 5.74) is 2.52. The molecular formula is C17H15ClN2O2S. The largest absolute Gasteiger partial charge is 0.326 e. The molecule has 0 spiro atoms. The van der Waals surface area contributed by atoms with Crippen LogP contribution in [0.4, 0.5) is 5.69 Å². The van der Waals surface area contributed by atoms with Crippen molar-refractivity contribution in [2.24, 2.45) is 0 Å². The number of fused-ring (bicyclic) bond motifs is 1. The molecule has 2 aromatic carbocycles. The highest BCUT2D eigenvalue weighted by molar-refractivity contribution is 7.16. The predicted molar refractivity (Wildman–Crippen MR) is 95.5 cm³/mol. The smallest absolute Gasteiger partial charge is 0.308 e. The van der Waals surface area contributed by atoms with Crippen LogP contribution in [0.25, 0.3) is 10.2 Å². The van der Waals surface area contributed by atoms with Crippen molar-refractivity contribution in [3.63, 3.8) is 0 Å². The van der Waals surface area contributed by atoms with Crippen LogP contribution in [0.15, 0.2) is 47.3 Å². The van der Waals surface area contributed by atoms with Gasteiger partial charge in [-0.1, -0.05) is 35.1 Å². The first-order valence-electron chi connectivity index (χ1n) is 7.19. The highest BCUT2D eigenvalue weighted by Gasteiger charge is 2.10. The number of nitrogens with zero attached hydrogens (tertiary/aromatic N) is 1. The van der Waals surface area contributed by atoms with Gasteiger partial charge in [0.25, 0.3) is 0 Å². The van der Waals surface area contributed by atoms with Gasteiger partial charge in [-0.2, -0.15) is 0 Å². The van der Waals surface area contributed by atoms with Crippen LogP contribution in [0.3, 0.4) is 0 Å². The Balaban J connectivity index is 1.71. The average Bonchev–Trinajstić information content (AvgIpc) is 2.83. The molecular weight excluding hydrogens is 332 g/mol. The molecule has 1 aromatic heterocycles. The number of hydrogen-bond acceptors (Lipinski definition) is 3. The van der Waals surface area contributed by atoms with Crippen LogP contribution in [-0.4, -0.2) is 10.5 Å². The van der Waals surface area contributed by atoms with E-state index >= 15 is 0 Å². The summed E-state index contributed by atoms with van der Waals surface area (Å²) in [5.74, 6) is -0.127. The minimum absolute atomic E-state index is 0.0401. The van der Waals surface area contributed by atoms with E-state index in [0.29, 0.717) is 11.6 Å². The summed E-state index contributed by atoms with van der Waals surface area (Å²) >= 11 is 7.10. The number of carbonyl (C=O) groups is 1. The third kappa shape index (κ3) is 3.46. The van der Waals surface area contributed by atoms with Crippen LogP contribution in [0.2, 0.25) is 5.02 Å². The number of aromatic nitrogens is 1. The van der Waals surface area contributed by atoms with E-state index < -0.39 is 0 Å². The molecule has 0 aliphatic rings. The van der Waals surface area contributed by atoms with Gasteiger partial charge < -0.3 is 5.32 Å². The molecule has 0 aliphatic heterocycles. The normalized spacial score (nSPS) is 10.9. The maximum atomic E-state index is 12.1. The Morgan fingerprint density at radius 3 is 2.83 bits per heavy atom. The number of hydrogen-bond donors (Lipinski definition) is 1. The Morgan fingerprint density at radius 2 is 2.04 bits per heavy atom. The van der Waals surface area contributed by atoms with Gasteiger partial charge in [-0.15, -0.1) is 0 Å². The van der Waals surface area contributed by atoms with Gasteiger partial charge >= 0.3 is 4.87 Å². The van der Waals surface area contributed by atoms with Crippen molar-refractivity contribution in [2.45, 2.75) is 19.9 Å². The lowest BCUT2D eigenvalue weighted by molar-refractivity contribution is -0.116. The molecule has 0 unspecified atom stereocenters. The molecule has 6 heteroatoms. The van der Waals surface area contributed by atoms with Gasteiger partial charge in [-0.3, -0.25) is 14.2 Å². The lowest BCUT2D eigenvalue weighted by Crippen LogP contribution is -2.19. The van der Waals surface area contributed by atoms with E-state index in [0.717, 1.165) is 21.5 Å². The average molecular weight is 347 g/mol. The number of benzene rings is 2. The number of rotatable bonds is 4. The highest BCUT2D eigenvalue weighted by atomic mass is 35.5. The zero-order chi connectivity index (χ0) is 16.4. The van der Waals surface area contributed by atoms with E-state index in [-0.39, 0.29) is 17.2 Å². The Labute approximate surface area is 142 Å². The quantitative estimate of drug-likeness (QED) is 0.774. The number of carbonyl (C=O) groups excluding carboxylic acids is 1. The molecule has 1 heterocycles. The molecule has 0 atom stereocenters. The second-order valence-electron chi connectivity index (χ2n) is 5.24. The number of anilines is 1. The molecule has 0 radical (unpaired) electrons. The van der Waals surface area contributed by atoms with Gasteiger partial charge in [0.1, 0.15) is 0 Å². The fourth-order valence-electron chi connectivity index (χ4n) is 2.42. The summed E-state index contributed by atoms with van der Waals surface area (Å²) in [4.78, 5) is 24.1. The van der Waals surface area contributed by atoms with Crippen molar-refractivity contribution in [3.8, 4) is 0 Å². The van der Waals surface area contributed by atoms with Crippen LogP contribution in [0, 0.1) is 6.92 Å². The van der Waals surface area contributed by atoms with E-state index in [1.54, 1.807) is 22.8 Å². The highest BCUT2D eigenvalue weighted by Crippen LogP contribution is 2.20. The standard InChI is InChI=1S/C17H15ClN2O2S/c1-11-10-12(18)6-7-13(11)19-16(21)8-9-20-14-4-2-3-5-15(14)23-17(20)22/h2-7,10H,8-9H2,1H3,(H,19,21). The first-order valence-corrected chi connectivity index (χ1v) is 8.38. The number of thiazole rings is 1. The van der Waals surface area contributed by atoms with Gasteiger partial charge in [0.15, 0.2) is 0 Å². The first-order chi connectivity index (χ1) is 11.0. The Hall–Kier alpha value is -2.11. The van der Waals surface area contributed by atoms with Crippen molar-refractivity contribution in [1.82, 2.24) is 4.57 Å². The number of aryl methyl sites for hydroxylation is 2. The zero-order valence-corrected chi connectivity index (χ0v) is 14.1. The summed E-state index contributed by atoms with van der Waals surface area (Å²) in [6.07, 6.45) is 0.239. The monoisotopic (exact) mass is 346 g/mol. The maximum absolute atomic E-state index is 12.1. The molecule has 1 amide bonds. The van der Waals surface area contributed by atoms with E-state index in [2.05, 4.69) is 5.32 Å². The summed E-state index contributed by atoms with van der Waals surface area (Å²) in [5, 5.41) is 3.49. The molecule has 3 aromatic rings. The van der Waals surface area contributed by atoms with Crippen LogP contribution in [0.5, 0.6) is 0 Å². The molecule has 118 valence electrons. The number of para-hydroxylation sites is 1. The molecule has 0 fully saturated rings. The van der Waals surface area contributed by atoms with Crippen molar-refractivity contribution in [2.75, 3.05) is 5.32 Å². The Morgan fingerprint density at radius 1 is 1.26 bits per heavy atom.